The van der Waals surface area contributed by atoms with Crippen molar-refractivity contribution in [3.8, 4) is 0 Å². The number of sulfone groups is 1. The van der Waals surface area contributed by atoms with E-state index < -0.39 is 9.84 Å². The van der Waals surface area contributed by atoms with Crippen LogP contribution in [0.3, 0.4) is 0 Å². The lowest BCUT2D eigenvalue weighted by molar-refractivity contribution is 0.0770. The molecule has 0 unspecified atom stereocenters. The lowest BCUT2D eigenvalue weighted by Crippen LogP contribution is -2.43. The number of carbonyl (C=O) groups is 1. The number of amides is 1. The molecule has 0 bridgehead atoms. The number of fused-ring (bicyclic) bond motifs is 1. The van der Waals surface area contributed by atoms with E-state index in [9.17, 15) is 13.2 Å². The van der Waals surface area contributed by atoms with Crippen LogP contribution < -0.4 is 5.32 Å². The molecule has 0 radical (unpaired) electrons. The van der Waals surface area contributed by atoms with Crippen molar-refractivity contribution in [2.75, 3.05) is 36.5 Å². The smallest absolute Gasteiger partial charge is 0.255 e. The predicted octanol–water partition coefficient (Wildman–Crippen LogP) is 2.40. The molecule has 29 heavy (non-hydrogen) atoms. The number of nitrogens with one attached hydrogen (secondary N) is 2. The molecule has 0 saturated carbocycles. The molecule has 4 rings (SSSR count). The second-order valence-corrected chi connectivity index (χ2v) is 9.72. The van der Waals surface area contributed by atoms with E-state index in [1.807, 2.05) is 6.20 Å². The van der Waals surface area contributed by atoms with E-state index in [-0.39, 0.29) is 30.5 Å². The van der Waals surface area contributed by atoms with Crippen molar-refractivity contribution < 1.29 is 13.2 Å². The van der Waals surface area contributed by atoms with Gasteiger partial charge in [-0.05, 0) is 42.7 Å². The van der Waals surface area contributed by atoms with Crippen LogP contribution in [0.1, 0.15) is 21.5 Å². The van der Waals surface area contributed by atoms with Crippen LogP contribution in [0.25, 0.3) is 10.9 Å². The summed E-state index contributed by atoms with van der Waals surface area (Å²) in [6, 6.07) is 9.91. The molecule has 1 aromatic carbocycles. The van der Waals surface area contributed by atoms with Gasteiger partial charge in [-0.2, -0.15) is 0 Å². The van der Waals surface area contributed by atoms with E-state index in [0.29, 0.717) is 11.4 Å². The zero-order valence-corrected chi connectivity index (χ0v) is 17.1. The molecule has 152 valence electrons. The highest BCUT2D eigenvalue weighted by atomic mass is 32.2. The largest absolute Gasteiger partial charge is 0.370 e. The molecular formula is C21H24N4O3S. The summed E-state index contributed by atoms with van der Waals surface area (Å²) < 4.78 is 23.0. The number of hydrogen-bond donors (Lipinski definition) is 2. The number of aromatic amines is 1. The number of H-pyrrole nitrogens is 1. The van der Waals surface area contributed by atoms with Crippen LogP contribution in [0.4, 0.5) is 5.82 Å². The Hall–Kier alpha value is -2.87. The SMILES string of the molecule is Cc1ccc2c(CCNc3ccc(C(=O)N4CCS(=O)(=O)CC4)cn3)c[nH]c2c1. The molecule has 8 heteroatoms. The zero-order chi connectivity index (χ0) is 20.4. The molecule has 1 saturated heterocycles. The number of aromatic nitrogens is 2. The molecule has 0 atom stereocenters. The summed E-state index contributed by atoms with van der Waals surface area (Å²) in [4.78, 5) is 21.7. The molecule has 3 aromatic rings. The van der Waals surface area contributed by atoms with Gasteiger partial charge in [-0.1, -0.05) is 12.1 Å². The third kappa shape index (κ3) is 4.42. The third-order valence-electron chi connectivity index (χ3n) is 5.27. The quantitative estimate of drug-likeness (QED) is 0.671. The van der Waals surface area contributed by atoms with Gasteiger partial charge in [0.2, 0.25) is 0 Å². The summed E-state index contributed by atoms with van der Waals surface area (Å²) in [6.07, 6.45) is 4.44. The Labute approximate surface area is 170 Å². The van der Waals surface area contributed by atoms with Crippen molar-refractivity contribution in [1.29, 1.82) is 0 Å². The van der Waals surface area contributed by atoms with E-state index in [2.05, 4.69) is 40.4 Å². The van der Waals surface area contributed by atoms with Crippen LogP contribution in [-0.2, 0) is 16.3 Å². The zero-order valence-electron chi connectivity index (χ0n) is 16.3. The molecular weight excluding hydrogens is 388 g/mol. The van der Waals surface area contributed by atoms with Gasteiger partial charge in [0, 0.05) is 42.9 Å². The van der Waals surface area contributed by atoms with E-state index >= 15 is 0 Å². The van der Waals surface area contributed by atoms with E-state index in [0.717, 1.165) is 18.5 Å². The van der Waals surface area contributed by atoms with Crippen LogP contribution in [-0.4, -0.2) is 60.3 Å². The number of rotatable bonds is 5. The number of anilines is 1. The third-order valence-corrected chi connectivity index (χ3v) is 6.87. The lowest BCUT2D eigenvalue weighted by atomic mass is 10.1. The highest BCUT2D eigenvalue weighted by molar-refractivity contribution is 7.91. The summed E-state index contributed by atoms with van der Waals surface area (Å²) >= 11 is 0. The number of benzene rings is 1. The lowest BCUT2D eigenvalue weighted by Gasteiger charge is -2.26. The van der Waals surface area contributed by atoms with Crippen LogP contribution in [0, 0.1) is 6.92 Å². The molecule has 1 fully saturated rings. The number of aryl methyl sites for hydroxylation is 1. The summed E-state index contributed by atoms with van der Waals surface area (Å²) in [6.45, 7) is 3.29. The van der Waals surface area contributed by atoms with Gasteiger partial charge in [0.15, 0.2) is 9.84 Å². The van der Waals surface area contributed by atoms with Crippen molar-refractivity contribution in [3.05, 3.63) is 59.4 Å². The average Bonchev–Trinajstić information content (AvgIpc) is 3.10. The first-order chi connectivity index (χ1) is 13.9. The summed E-state index contributed by atoms with van der Waals surface area (Å²) in [5.74, 6) is 0.588. The van der Waals surface area contributed by atoms with Crippen LogP contribution in [0.2, 0.25) is 0 Å². The van der Waals surface area contributed by atoms with Crippen molar-refractivity contribution in [3.63, 3.8) is 0 Å². The first kappa shape index (κ1) is 19.4. The fourth-order valence-electron chi connectivity index (χ4n) is 3.56. The summed E-state index contributed by atoms with van der Waals surface area (Å²) in [5, 5.41) is 4.52. The number of pyridine rings is 1. The van der Waals surface area contributed by atoms with Gasteiger partial charge < -0.3 is 15.2 Å². The highest BCUT2D eigenvalue weighted by Crippen LogP contribution is 2.20. The van der Waals surface area contributed by atoms with Gasteiger partial charge in [-0.15, -0.1) is 0 Å². The Balaban J connectivity index is 1.33. The second kappa shape index (κ2) is 7.87. The molecule has 3 heterocycles. The van der Waals surface area contributed by atoms with Gasteiger partial charge in [0.05, 0.1) is 17.1 Å². The van der Waals surface area contributed by atoms with Gasteiger partial charge in [-0.25, -0.2) is 13.4 Å². The molecule has 2 aromatic heterocycles. The Morgan fingerprint density at radius 1 is 1.21 bits per heavy atom. The molecule has 7 nitrogen and oxygen atoms in total. The van der Waals surface area contributed by atoms with Gasteiger partial charge >= 0.3 is 0 Å². The van der Waals surface area contributed by atoms with Gasteiger partial charge in [-0.3, -0.25) is 4.79 Å². The van der Waals surface area contributed by atoms with Crippen molar-refractivity contribution in [2.45, 2.75) is 13.3 Å². The maximum atomic E-state index is 12.5. The molecule has 1 aliphatic heterocycles. The van der Waals surface area contributed by atoms with Crippen LogP contribution >= 0.6 is 0 Å². The number of nitrogens with zero attached hydrogens (tertiary/aromatic N) is 2. The maximum absolute atomic E-state index is 12.5. The Morgan fingerprint density at radius 3 is 2.72 bits per heavy atom. The van der Waals surface area contributed by atoms with Crippen molar-refractivity contribution in [1.82, 2.24) is 14.9 Å². The minimum Gasteiger partial charge on any atom is -0.370 e. The summed E-state index contributed by atoms with van der Waals surface area (Å²) in [5.41, 5.74) is 4.10. The van der Waals surface area contributed by atoms with Crippen LogP contribution in [0.5, 0.6) is 0 Å². The Morgan fingerprint density at radius 2 is 2.00 bits per heavy atom. The van der Waals surface area contributed by atoms with E-state index in [1.165, 1.54) is 16.5 Å². The van der Waals surface area contributed by atoms with Crippen molar-refractivity contribution >= 4 is 32.5 Å². The fourth-order valence-corrected chi connectivity index (χ4v) is 4.76. The van der Waals surface area contributed by atoms with Gasteiger partial charge in [0.1, 0.15) is 5.82 Å². The number of carbonyl (C=O) groups excluding carboxylic acids is 1. The minimum atomic E-state index is -3.00. The Bertz CT molecular complexity index is 1120. The standard InChI is InChI=1S/C21H24N4O3S/c1-15-2-4-18-16(13-23-19(18)12-15)6-7-22-20-5-3-17(14-24-20)21(26)25-8-10-29(27,28)11-9-25/h2-5,12-14,23H,6-11H2,1H3,(H,22,24). The highest BCUT2D eigenvalue weighted by Gasteiger charge is 2.25. The molecule has 1 aliphatic rings. The normalized spacial score (nSPS) is 16.1. The van der Waals surface area contributed by atoms with Gasteiger partial charge in [0.25, 0.3) is 5.91 Å². The van der Waals surface area contributed by atoms with E-state index in [4.69, 9.17) is 0 Å². The fraction of sp³-hybridized carbons (Fsp3) is 0.333. The monoisotopic (exact) mass is 412 g/mol. The number of hydrogen-bond acceptors (Lipinski definition) is 5. The first-order valence-corrected chi connectivity index (χ1v) is 11.5. The van der Waals surface area contributed by atoms with Crippen molar-refractivity contribution in [2.24, 2.45) is 0 Å². The second-order valence-electron chi connectivity index (χ2n) is 7.42. The van der Waals surface area contributed by atoms with Crippen LogP contribution in [0.15, 0.2) is 42.7 Å². The molecule has 0 spiro atoms. The maximum Gasteiger partial charge on any atom is 0.255 e. The molecule has 0 aliphatic carbocycles. The summed E-state index contributed by atoms with van der Waals surface area (Å²) in [7, 11) is -3.00. The topological polar surface area (TPSA) is 95.2 Å². The Kier molecular flexibility index (Phi) is 5.27. The average molecular weight is 413 g/mol. The first-order valence-electron chi connectivity index (χ1n) is 9.67. The molecule has 2 N–H and O–H groups in total. The molecule has 1 amide bonds. The minimum absolute atomic E-state index is 0.0270. The van der Waals surface area contributed by atoms with E-state index in [1.54, 1.807) is 23.2 Å². The predicted molar refractivity (Wildman–Crippen MR) is 114 cm³/mol.